The fraction of sp³-hybridized carbons (Fsp3) is 0.333. The Labute approximate surface area is 240 Å². The van der Waals surface area contributed by atoms with E-state index in [1.807, 2.05) is 49.6 Å². The maximum Gasteiger partial charge on any atom is 0.248 e. The number of carbonyl (C=O) groups excluding carboxylic acids is 3. The van der Waals surface area contributed by atoms with Crippen molar-refractivity contribution < 1.29 is 14.4 Å². The Morgan fingerprint density at radius 3 is 2.52 bits per heavy atom. The third-order valence-electron chi connectivity index (χ3n) is 8.01. The van der Waals surface area contributed by atoms with Gasteiger partial charge in [-0.2, -0.15) is 0 Å². The van der Waals surface area contributed by atoms with Gasteiger partial charge < -0.3 is 14.8 Å². The van der Waals surface area contributed by atoms with Gasteiger partial charge in [0.25, 0.3) is 0 Å². The Balaban J connectivity index is 1.30. The van der Waals surface area contributed by atoms with E-state index in [0.29, 0.717) is 34.3 Å². The van der Waals surface area contributed by atoms with Crippen molar-refractivity contribution in [2.45, 2.75) is 46.7 Å². The number of carbonyl (C=O) groups is 3. The number of fused-ring (bicyclic) bond motifs is 2. The van der Waals surface area contributed by atoms with E-state index < -0.39 is 6.04 Å². The van der Waals surface area contributed by atoms with Gasteiger partial charge in [0.1, 0.15) is 28.8 Å². The van der Waals surface area contributed by atoms with Crippen LogP contribution in [0.25, 0.3) is 22.0 Å². The summed E-state index contributed by atoms with van der Waals surface area (Å²) < 4.78 is 2.48. The highest BCUT2D eigenvalue weighted by atomic mass is 79.9. The number of aryl methyl sites for hydroxylation is 3. The van der Waals surface area contributed by atoms with E-state index in [9.17, 15) is 14.4 Å². The summed E-state index contributed by atoms with van der Waals surface area (Å²) in [5.41, 5.74) is 4.93. The largest absolute Gasteiger partial charge is 0.337 e. The Kier molecular flexibility index (Phi) is 6.53. The average molecular weight is 602 g/mol. The first kappa shape index (κ1) is 26.3. The van der Waals surface area contributed by atoms with Crippen LogP contribution in [0.15, 0.2) is 47.5 Å². The first-order valence-corrected chi connectivity index (χ1v) is 14.1. The lowest BCUT2D eigenvalue weighted by atomic mass is 10.0. The minimum absolute atomic E-state index is 0.0367. The van der Waals surface area contributed by atoms with E-state index >= 15 is 0 Å². The summed E-state index contributed by atoms with van der Waals surface area (Å²) in [7, 11) is 0. The molecule has 0 radical (unpaired) electrons. The van der Waals surface area contributed by atoms with Crippen LogP contribution in [0, 0.1) is 32.6 Å². The monoisotopic (exact) mass is 600 g/mol. The van der Waals surface area contributed by atoms with Crippen molar-refractivity contribution in [2.75, 3.05) is 11.9 Å². The summed E-state index contributed by atoms with van der Waals surface area (Å²) in [5, 5.41) is 3.73. The summed E-state index contributed by atoms with van der Waals surface area (Å²) in [4.78, 5) is 54.5. The number of amides is 2. The van der Waals surface area contributed by atoms with Gasteiger partial charge in [0, 0.05) is 41.6 Å². The number of Topliss-reactive ketones (excluding diaryl/α,β-unsaturated/α-hetero) is 1. The van der Waals surface area contributed by atoms with Crippen molar-refractivity contribution in [3.05, 3.63) is 70.0 Å². The summed E-state index contributed by atoms with van der Waals surface area (Å²) >= 11 is 3.36. The lowest BCUT2D eigenvalue weighted by Crippen LogP contribution is -2.47. The number of aromatic nitrogens is 4. The van der Waals surface area contributed by atoms with Gasteiger partial charge in [0.05, 0.1) is 5.52 Å². The molecule has 1 aliphatic carbocycles. The number of halogens is 1. The predicted octanol–water partition coefficient (Wildman–Crippen LogP) is 4.87. The maximum atomic E-state index is 13.7. The van der Waals surface area contributed by atoms with Crippen LogP contribution in [0.3, 0.4) is 0 Å². The van der Waals surface area contributed by atoms with Gasteiger partial charge in [-0.3, -0.25) is 14.4 Å². The highest BCUT2D eigenvalue weighted by molar-refractivity contribution is 9.10. The number of likely N-dealkylation sites (tertiary alicyclic amines) is 1. The molecule has 6 rings (SSSR count). The van der Waals surface area contributed by atoms with E-state index in [2.05, 4.69) is 36.2 Å². The molecule has 10 heteroatoms. The van der Waals surface area contributed by atoms with E-state index in [-0.39, 0.29) is 30.1 Å². The van der Waals surface area contributed by atoms with Crippen molar-refractivity contribution in [3.8, 4) is 11.1 Å². The fourth-order valence-corrected chi connectivity index (χ4v) is 6.20. The third-order valence-corrected chi connectivity index (χ3v) is 8.45. The molecule has 3 aromatic heterocycles. The maximum absolute atomic E-state index is 13.7. The van der Waals surface area contributed by atoms with E-state index in [1.54, 1.807) is 23.5 Å². The topological polar surface area (TPSA) is 110 Å². The standard InChI is InChI=1S/C30H29BrN6O3/c1-15-5-6-25(31)34-29(15)35-30(40)28-22-9-20(22)12-37(28)26(39)14-36-13-24(17(3)38)23-8-19(7-16(2)27(23)36)21-10-32-18(4)33-11-21/h5-8,10-11,13,20,22,28H,9,12,14H2,1-4H3,(H,34,35,40)/t20-,22-,28+/m1/s1. The molecule has 9 nitrogen and oxygen atoms in total. The Morgan fingerprint density at radius 1 is 1.05 bits per heavy atom. The summed E-state index contributed by atoms with van der Waals surface area (Å²) in [5.74, 6) is 1.24. The van der Waals surface area contributed by atoms with Crippen LogP contribution >= 0.6 is 15.9 Å². The Morgan fingerprint density at radius 2 is 1.80 bits per heavy atom. The molecule has 1 aliphatic heterocycles. The highest BCUT2D eigenvalue weighted by Gasteiger charge is 2.56. The smallest absolute Gasteiger partial charge is 0.248 e. The first-order chi connectivity index (χ1) is 19.1. The molecule has 1 aromatic carbocycles. The van der Waals surface area contributed by atoms with E-state index in [4.69, 9.17) is 0 Å². The van der Waals surface area contributed by atoms with Gasteiger partial charge in [-0.1, -0.05) is 6.07 Å². The average Bonchev–Trinajstić information content (AvgIpc) is 3.40. The number of pyridine rings is 1. The normalized spacial score (nSPS) is 19.5. The minimum Gasteiger partial charge on any atom is -0.337 e. The van der Waals surface area contributed by atoms with Gasteiger partial charge in [0.2, 0.25) is 11.8 Å². The summed E-state index contributed by atoms with van der Waals surface area (Å²) in [6.07, 6.45) is 6.24. The van der Waals surface area contributed by atoms with Gasteiger partial charge >= 0.3 is 0 Å². The van der Waals surface area contributed by atoms with Gasteiger partial charge in [-0.05, 0) is 96.8 Å². The van der Waals surface area contributed by atoms with Gasteiger partial charge in [-0.15, -0.1) is 0 Å². The molecule has 0 bridgehead atoms. The van der Waals surface area contributed by atoms with Crippen LogP contribution in [0.1, 0.15) is 40.7 Å². The van der Waals surface area contributed by atoms with Gasteiger partial charge in [0.15, 0.2) is 5.78 Å². The number of nitrogens with zero attached hydrogens (tertiary/aromatic N) is 5. The molecule has 4 heterocycles. The molecule has 1 saturated heterocycles. The molecule has 0 spiro atoms. The number of nitrogens with one attached hydrogen (secondary N) is 1. The predicted molar refractivity (Wildman–Crippen MR) is 155 cm³/mol. The fourth-order valence-electron chi connectivity index (χ4n) is 5.89. The zero-order chi connectivity index (χ0) is 28.3. The molecule has 40 heavy (non-hydrogen) atoms. The Bertz CT molecular complexity index is 1700. The highest BCUT2D eigenvalue weighted by Crippen LogP contribution is 2.50. The zero-order valence-corrected chi connectivity index (χ0v) is 24.3. The molecule has 4 aromatic rings. The number of benzene rings is 1. The van der Waals surface area contributed by atoms with Crippen LogP contribution < -0.4 is 5.32 Å². The van der Waals surface area contributed by atoms with Crippen LogP contribution in [0.4, 0.5) is 5.82 Å². The number of rotatable bonds is 6. The molecular formula is C30H29BrN6O3. The lowest BCUT2D eigenvalue weighted by Gasteiger charge is -2.27. The molecule has 1 N–H and O–H groups in total. The van der Waals surface area contributed by atoms with E-state index in [0.717, 1.165) is 39.6 Å². The lowest BCUT2D eigenvalue weighted by molar-refractivity contribution is -0.138. The quantitative estimate of drug-likeness (QED) is 0.250. The first-order valence-electron chi connectivity index (χ1n) is 13.3. The molecule has 2 fully saturated rings. The second kappa shape index (κ2) is 9.92. The second-order valence-corrected chi connectivity index (χ2v) is 11.7. The van der Waals surface area contributed by atoms with Crippen molar-refractivity contribution in [1.29, 1.82) is 0 Å². The Hall–Kier alpha value is -3.92. The van der Waals surface area contributed by atoms with Crippen molar-refractivity contribution in [1.82, 2.24) is 24.4 Å². The minimum atomic E-state index is -0.541. The van der Waals surface area contributed by atoms with Crippen molar-refractivity contribution >= 4 is 50.2 Å². The molecule has 204 valence electrons. The van der Waals surface area contributed by atoms with Crippen LogP contribution in [0.2, 0.25) is 0 Å². The van der Waals surface area contributed by atoms with Gasteiger partial charge in [-0.25, -0.2) is 15.0 Å². The number of ketones is 1. The molecular weight excluding hydrogens is 572 g/mol. The molecule has 3 atom stereocenters. The number of hydrogen-bond donors (Lipinski definition) is 1. The molecule has 2 aliphatic rings. The van der Waals surface area contributed by atoms with Crippen LogP contribution in [0.5, 0.6) is 0 Å². The SMILES string of the molecule is CC(=O)c1cn(CC(=O)N2C[C@H]3C[C@H]3[C@H]2C(=O)Nc2nc(Br)ccc2C)c2c(C)cc(-c3cnc(C)nc3)cc12. The second-order valence-electron chi connectivity index (χ2n) is 10.9. The van der Waals surface area contributed by atoms with Crippen molar-refractivity contribution in [2.24, 2.45) is 11.8 Å². The molecule has 1 saturated carbocycles. The van der Waals surface area contributed by atoms with Crippen molar-refractivity contribution in [3.63, 3.8) is 0 Å². The third kappa shape index (κ3) is 4.70. The molecule has 2 amide bonds. The van der Waals surface area contributed by atoms with E-state index in [1.165, 1.54) is 6.92 Å². The molecule has 0 unspecified atom stereocenters. The van der Waals surface area contributed by atoms with Crippen LogP contribution in [-0.2, 0) is 16.1 Å². The number of piperidine rings is 1. The number of hydrogen-bond acceptors (Lipinski definition) is 6. The zero-order valence-electron chi connectivity index (χ0n) is 22.7. The number of anilines is 1. The van der Waals surface area contributed by atoms with Crippen LogP contribution in [-0.4, -0.2) is 54.6 Å². The summed E-state index contributed by atoms with van der Waals surface area (Å²) in [6, 6.07) is 7.15. The summed E-state index contributed by atoms with van der Waals surface area (Å²) in [6.45, 7) is 7.82.